The van der Waals surface area contributed by atoms with Gasteiger partial charge in [0.1, 0.15) is 17.1 Å². The maximum absolute atomic E-state index is 13.2. The highest BCUT2D eigenvalue weighted by Crippen LogP contribution is 2.32. The first-order chi connectivity index (χ1) is 15.5. The lowest BCUT2D eigenvalue weighted by molar-refractivity contribution is -0.118. The third-order valence-electron chi connectivity index (χ3n) is 4.68. The molecule has 0 saturated carbocycles. The third kappa shape index (κ3) is 4.76. The predicted octanol–water partition coefficient (Wildman–Crippen LogP) is 5.73. The van der Waals surface area contributed by atoms with Crippen molar-refractivity contribution in [1.29, 1.82) is 0 Å². The van der Waals surface area contributed by atoms with Gasteiger partial charge in [0.15, 0.2) is 12.4 Å². The number of halogens is 1. The molecule has 32 heavy (non-hydrogen) atoms. The van der Waals surface area contributed by atoms with Crippen LogP contribution in [-0.2, 0) is 4.79 Å². The van der Waals surface area contributed by atoms with Crippen LogP contribution < -0.4 is 14.8 Å². The van der Waals surface area contributed by atoms with Crippen molar-refractivity contribution < 1.29 is 23.5 Å². The number of nitrogens with one attached hydrogen (secondary N) is 1. The summed E-state index contributed by atoms with van der Waals surface area (Å²) in [6, 6.07) is 20.6. The molecule has 0 unspecified atom stereocenters. The van der Waals surface area contributed by atoms with E-state index in [0.717, 1.165) is 0 Å². The van der Waals surface area contributed by atoms with Gasteiger partial charge in [-0.2, -0.15) is 0 Å². The lowest BCUT2D eigenvalue weighted by atomic mass is 10.1. The van der Waals surface area contributed by atoms with Crippen LogP contribution >= 0.6 is 11.6 Å². The van der Waals surface area contributed by atoms with Gasteiger partial charge in [0.25, 0.3) is 5.91 Å². The number of ether oxygens (including phenoxy) is 2. The average Bonchev–Trinajstić information content (AvgIpc) is 3.17. The topological polar surface area (TPSA) is 77.8 Å². The number of hydrogen-bond donors (Lipinski definition) is 1. The van der Waals surface area contributed by atoms with Gasteiger partial charge in [-0.15, -0.1) is 0 Å². The van der Waals surface area contributed by atoms with Crippen LogP contribution in [-0.4, -0.2) is 24.9 Å². The van der Waals surface area contributed by atoms with Gasteiger partial charge in [-0.1, -0.05) is 23.7 Å². The Bertz CT molecular complexity index is 1250. The molecule has 0 aliphatic heterocycles. The molecule has 7 heteroatoms. The highest BCUT2D eigenvalue weighted by atomic mass is 35.5. The minimum atomic E-state index is -0.424. The standard InChI is InChI=1S/C25H20ClNO5/c1-2-30-18-11-7-16(8-12-18)24(29)25-23(20-5-3-4-6-21(20)32-25)27-22(28)15-31-19-13-9-17(26)10-14-19/h3-14H,2,15H2,1H3,(H,27,28). The summed E-state index contributed by atoms with van der Waals surface area (Å²) in [5, 5.41) is 3.97. The molecule has 0 atom stereocenters. The number of amides is 1. The number of anilines is 1. The third-order valence-corrected chi connectivity index (χ3v) is 4.93. The summed E-state index contributed by atoms with van der Waals surface area (Å²) in [4.78, 5) is 25.8. The molecule has 1 aromatic heterocycles. The number of carbonyl (C=O) groups is 2. The fraction of sp³-hybridized carbons (Fsp3) is 0.120. The number of furan rings is 1. The zero-order valence-electron chi connectivity index (χ0n) is 17.3. The summed E-state index contributed by atoms with van der Waals surface area (Å²) < 4.78 is 16.8. The highest BCUT2D eigenvalue weighted by Gasteiger charge is 2.23. The SMILES string of the molecule is CCOc1ccc(C(=O)c2oc3ccccc3c2NC(=O)COc2ccc(Cl)cc2)cc1. The first-order valence-electron chi connectivity index (χ1n) is 10.0. The number of rotatable bonds is 8. The molecule has 0 bridgehead atoms. The molecule has 4 rings (SSSR count). The number of para-hydroxylation sites is 1. The van der Waals surface area contributed by atoms with E-state index in [1.165, 1.54) is 0 Å². The fourth-order valence-electron chi connectivity index (χ4n) is 3.18. The summed E-state index contributed by atoms with van der Waals surface area (Å²) in [5.41, 5.74) is 1.22. The van der Waals surface area contributed by atoms with Crippen LogP contribution in [0.5, 0.6) is 11.5 Å². The molecule has 4 aromatic rings. The molecule has 1 amide bonds. The minimum Gasteiger partial charge on any atom is -0.494 e. The molecular weight excluding hydrogens is 430 g/mol. The van der Waals surface area contributed by atoms with Gasteiger partial charge in [-0.05, 0) is 67.6 Å². The van der Waals surface area contributed by atoms with Crippen molar-refractivity contribution in [3.8, 4) is 11.5 Å². The molecule has 0 aliphatic rings. The van der Waals surface area contributed by atoms with Crippen LogP contribution in [0.25, 0.3) is 11.0 Å². The first kappa shape index (κ1) is 21.5. The molecule has 0 aliphatic carbocycles. The van der Waals surface area contributed by atoms with E-state index in [9.17, 15) is 9.59 Å². The molecule has 0 fully saturated rings. The van der Waals surface area contributed by atoms with Gasteiger partial charge in [0, 0.05) is 16.0 Å². The Balaban J connectivity index is 1.57. The van der Waals surface area contributed by atoms with Gasteiger partial charge in [0.2, 0.25) is 5.78 Å². The average molecular weight is 450 g/mol. The van der Waals surface area contributed by atoms with E-state index in [2.05, 4.69) is 5.32 Å². The van der Waals surface area contributed by atoms with E-state index in [-0.39, 0.29) is 18.2 Å². The van der Waals surface area contributed by atoms with Crippen molar-refractivity contribution in [1.82, 2.24) is 0 Å². The molecule has 0 radical (unpaired) electrons. The molecule has 0 spiro atoms. The quantitative estimate of drug-likeness (QED) is 0.347. The van der Waals surface area contributed by atoms with Crippen molar-refractivity contribution >= 4 is 39.9 Å². The van der Waals surface area contributed by atoms with Crippen LogP contribution in [0.3, 0.4) is 0 Å². The second-order valence-corrected chi connectivity index (χ2v) is 7.32. The van der Waals surface area contributed by atoms with Crippen molar-refractivity contribution in [2.24, 2.45) is 0 Å². The first-order valence-corrected chi connectivity index (χ1v) is 10.4. The Morgan fingerprint density at radius 1 is 0.906 bits per heavy atom. The van der Waals surface area contributed by atoms with Crippen molar-refractivity contribution in [2.45, 2.75) is 6.92 Å². The van der Waals surface area contributed by atoms with E-state index in [0.29, 0.717) is 45.3 Å². The Kier molecular flexibility index (Phi) is 6.42. The van der Waals surface area contributed by atoms with Gasteiger partial charge in [-0.3, -0.25) is 9.59 Å². The van der Waals surface area contributed by atoms with Gasteiger partial charge in [0.05, 0.1) is 12.3 Å². The van der Waals surface area contributed by atoms with Gasteiger partial charge in [-0.25, -0.2) is 0 Å². The summed E-state index contributed by atoms with van der Waals surface area (Å²) in [5.74, 6) is 0.453. The largest absolute Gasteiger partial charge is 0.494 e. The van der Waals surface area contributed by atoms with E-state index in [4.69, 9.17) is 25.5 Å². The monoisotopic (exact) mass is 449 g/mol. The summed E-state index contributed by atoms with van der Waals surface area (Å²) in [7, 11) is 0. The van der Waals surface area contributed by atoms with Crippen molar-refractivity contribution in [3.05, 3.63) is 89.1 Å². The molecule has 6 nitrogen and oxygen atoms in total. The summed E-state index contributed by atoms with van der Waals surface area (Å²) >= 11 is 5.86. The van der Waals surface area contributed by atoms with Crippen LogP contribution in [0.15, 0.2) is 77.2 Å². The normalized spacial score (nSPS) is 10.7. The zero-order chi connectivity index (χ0) is 22.5. The number of benzene rings is 3. The maximum Gasteiger partial charge on any atom is 0.262 e. The lowest BCUT2D eigenvalue weighted by Gasteiger charge is -2.08. The highest BCUT2D eigenvalue weighted by molar-refractivity contribution is 6.30. The Morgan fingerprint density at radius 3 is 2.28 bits per heavy atom. The Morgan fingerprint density at radius 2 is 1.56 bits per heavy atom. The second-order valence-electron chi connectivity index (χ2n) is 6.88. The number of carbonyl (C=O) groups excluding carboxylic acids is 2. The second kappa shape index (κ2) is 9.58. The molecule has 1 heterocycles. The van der Waals surface area contributed by atoms with Crippen LogP contribution in [0, 0.1) is 0 Å². The van der Waals surface area contributed by atoms with E-state index >= 15 is 0 Å². The summed E-state index contributed by atoms with van der Waals surface area (Å²) in [6.45, 7) is 2.18. The maximum atomic E-state index is 13.2. The fourth-order valence-corrected chi connectivity index (χ4v) is 3.31. The van der Waals surface area contributed by atoms with Crippen LogP contribution in [0.4, 0.5) is 5.69 Å². The Labute approximate surface area is 189 Å². The number of hydrogen-bond acceptors (Lipinski definition) is 5. The molecule has 1 N–H and O–H groups in total. The van der Waals surface area contributed by atoms with Crippen molar-refractivity contribution in [2.75, 3.05) is 18.5 Å². The predicted molar refractivity (Wildman–Crippen MR) is 123 cm³/mol. The molecular formula is C25H20ClNO5. The molecule has 3 aromatic carbocycles. The van der Waals surface area contributed by atoms with E-state index in [1.54, 1.807) is 66.7 Å². The molecule has 0 saturated heterocycles. The minimum absolute atomic E-state index is 0.0511. The van der Waals surface area contributed by atoms with Gasteiger partial charge >= 0.3 is 0 Å². The zero-order valence-corrected chi connectivity index (χ0v) is 18.0. The van der Waals surface area contributed by atoms with Gasteiger partial charge < -0.3 is 19.2 Å². The lowest BCUT2D eigenvalue weighted by Crippen LogP contribution is -2.21. The van der Waals surface area contributed by atoms with Crippen LogP contribution in [0.2, 0.25) is 5.02 Å². The number of ketones is 1. The smallest absolute Gasteiger partial charge is 0.262 e. The number of fused-ring (bicyclic) bond motifs is 1. The Hall–Kier alpha value is -3.77. The van der Waals surface area contributed by atoms with Crippen LogP contribution in [0.1, 0.15) is 23.0 Å². The molecule has 162 valence electrons. The van der Waals surface area contributed by atoms with Crippen molar-refractivity contribution in [3.63, 3.8) is 0 Å². The van der Waals surface area contributed by atoms with E-state index in [1.807, 2.05) is 13.0 Å². The van der Waals surface area contributed by atoms with E-state index < -0.39 is 5.91 Å². The summed E-state index contributed by atoms with van der Waals surface area (Å²) in [6.07, 6.45) is 0.